The summed E-state index contributed by atoms with van der Waals surface area (Å²) in [6, 6.07) is 4.56. The first-order chi connectivity index (χ1) is 6.63. The first kappa shape index (κ1) is 9.46. The van der Waals surface area contributed by atoms with Crippen LogP contribution >= 0.6 is 0 Å². The molecule has 0 bridgehead atoms. The number of benzene rings is 1. The Bertz CT molecular complexity index is 347. The summed E-state index contributed by atoms with van der Waals surface area (Å²) in [5, 5.41) is 0. The number of hydrogen-bond donors (Lipinski definition) is 1. The number of methoxy groups -OCH3 is 1. The summed E-state index contributed by atoms with van der Waals surface area (Å²) in [5.41, 5.74) is 6.73. The van der Waals surface area contributed by atoms with E-state index >= 15 is 0 Å². The van der Waals surface area contributed by atoms with Crippen LogP contribution in [0.4, 0.5) is 4.39 Å². The third kappa shape index (κ3) is 1.87. The second-order valence-corrected chi connectivity index (χ2v) is 4.00. The Labute approximate surface area is 82.9 Å². The predicted molar refractivity (Wildman–Crippen MR) is 52.8 cm³/mol. The second kappa shape index (κ2) is 3.24. The zero-order valence-corrected chi connectivity index (χ0v) is 8.22. The normalized spacial score (nSPS) is 17.9. The van der Waals surface area contributed by atoms with Crippen LogP contribution in [-0.2, 0) is 6.42 Å². The average Bonchev–Trinajstić information content (AvgIpc) is 2.84. The van der Waals surface area contributed by atoms with E-state index in [9.17, 15) is 4.39 Å². The lowest BCUT2D eigenvalue weighted by atomic mass is 10.0. The summed E-state index contributed by atoms with van der Waals surface area (Å²) < 4.78 is 18.1. The molecule has 0 heterocycles. The van der Waals surface area contributed by atoms with Crippen molar-refractivity contribution >= 4 is 0 Å². The molecule has 0 radical (unpaired) electrons. The van der Waals surface area contributed by atoms with Crippen LogP contribution in [-0.4, -0.2) is 12.6 Å². The summed E-state index contributed by atoms with van der Waals surface area (Å²) in [6.07, 6.45) is 2.74. The number of nitrogens with two attached hydrogens (primary N) is 1. The molecule has 2 nitrogen and oxygen atoms in total. The first-order valence-electron chi connectivity index (χ1n) is 4.74. The third-order valence-corrected chi connectivity index (χ3v) is 2.68. The van der Waals surface area contributed by atoms with Gasteiger partial charge in [0.05, 0.1) is 7.11 Å². The number of halogens is 1. The molecule has 2 N–H and O–H groups in total. The fourth-order valence-electron chi connectivity index (χ4n) is 1.60. The van der Waals surface area contributed by atoms with Crippen LogP contribution in [0.5, 0.6) is 5.75 Å². The van der Waals surface area contributed by atoms with Crippen LogP contribution in [0.25, 0.3) is 0 Å². The van der Waals surface area contributed by atoms with Gasteiger partial charge in [0.1, 0.15) is 11.6 Å². The van der Waals surface area contributed by atoms with Crippen molar-refractivity contribution in [1.29, 1.82) is 0 Å². The maximum atomic E-state index is 13.0. The van der Waals surface area contributed by atoms with Gasteiger partial charge in [0.15, 0.2) is 0 Å². The fourth-order valence-corrected chi connectivity index (χ4v) is 1.60. The van der Waals surface area contributed by atoms with Crippen LogP contribution in [0.2, 0.25) is 0 Å². The van der Waals surface area contributed by atoms with Crippen LogP contribution in [0.3, 0.4) is 0 Å². The van der Waals surface area contributed by atoms with Crippen molar-refractivity contribution in [2.24, 2.45) is 5.73 Å². The SMILES string of the molecule is COc1ccc(F)cc1CC1(N)CC1. The van der Waals surface area contributed by atoms with Gasteiger partial charge in [0.2, 0.25) is 0 Å². The molecular weight excluding hydrogens is 181 g/mol. The molecule has 0 unspecified atom stereocenters. The zero-order chi connectivity index (χ0) is 10.2. The molecule has 0 aliphatic heterocycles. The van der Waals surface area contributed by atoms with Gasteiger partial charge in [0, 0.05) is 5.54 Å². The minimum Gasteiger partial charge on any atom is -0.496 e. The Hall–Kier alpha value is -1.09. The molecule has 76 valence electrons. The molecule has 0 atom stereocenters. The molecule has 1 aliphatic carbocycles. The van der Waals surface area contributed by atoms with E-state index in [2.05, 4.69) is 0 Å². The highest BCUT2D eigenvalue weighted by Crippen LogP contribution is 2.37. The highest BCUT2D eigenvalue weighted by Gasteiger charge is 2.38. The molecule has 1 aliphatic rings. The van der Waals surface area contributed by atoms with Crippen LogP contribution < -0.4 is 10.5 Å². The summed E-state index contributed by atoms with van der Waals surface area (Å²) >= 11 is 0. The van der Waals surface area contributed by atoms with E-state index in [0.717, 1.165) is 24.2 Å². The fraction of sp³-hybridized carbons (Fsp3) is 0.455. The quantitative estimate of drug-likeness (QED) is 0.799. The van der Waals surface area contributed by atoms with E-state index in [1.807, 2.05) is 0 Å². The second-order valence-electron chi connectivity index (χ2n) is 4.00. The van der Waals surface area contributed by atoms with E-state index in [-0.39, 0.29) is 11.4 Å². The topological polar surface area (TPSA) is 35.2 Å². The maximum absolute atomic E-state index is 13.0. The van der Waals surface area contributed by atoms with Crippen molar-refractivity contribution in [2.45, 2.75) is 24.8 Å². The Morgan fingerprint density at radius 1 is 1.50 bits per heavy atom. The van der Waals surface area contributed by atoms with E-state index in [0.29, 0.717) is 6.42 Å². The van der Waals surface area contributed by atoms with Gasteiger partial charge in [-0.2, -0.15) is 0 Å². The van der Waals surface area contributed by atoms with Crippen LogP contribution in [0.1, 0.15) is 18.4 Å². The minimum atomic E-state index is -0.231. The number of ether oxygens (including phenoxy) is 1. The van der Waals surface area contributed by atoms with Gasteiger partial charge in [0.25, 0.3) is 0 Å². The predicted octanol–water partition coefficient (Wildman–Crippen LogP) is 1.87. The van der Waals surface area contributed by atoms with Gasteiger partial charge in [-0.3, -0.25) is 0 Å². The molecule has 3 heteroatoms. The zero-order valence-electron chi connectivity index (χ0n) is 8.22. The largest absolute Gasteiger partial charge is 0.496 e. The molecule has 14 heavy (non-hydrogen) atoms. The molecule has 0 aromatic heterocycles. The Morgan fingerprint density at radius 2 is 2.21 bits per heavy atom. The van der Waals surface area contributed by atoms with Crippen LogP contribution in [0, 0.1) is 5.82 Å². The molecule has 1 aromatic rings. The van der Waals surface area contributed by atoms with Crippen molar-refractivity contribution < 1.29 is 9.13 Å². The van der Waals surface area contributed by atoms with Crippen LogP contribution in [0.15, 0.2) is 18.2 Å². The van der Waals surface area contributed by atoms with Crippen molar-refractivity contribution in [3.63, 3.8) is 0 Å². The van der Waals surface area contributed by atoms with Gasteiger partial charge >= 0.3 is 0 Å². The van der Waals surface area contributed by atoms with E-state index < -0.39 is 0 Å². The summed E-state index contributed by atoms with van der Waals surface area (Å²) in [7, 11) is 1.59. The lowest BCUT2D eigenvalue weighted by molar-refractivity contribution is 0.406. The summed E-state index contributed by atoms with van der Waals surface area (Å²) in [4.78, 5) is 0. The first-order valence-corrected chi connectivity index (χ1v) is 4.74. The molecule has 1 saturated carbocycles. The van der Waals surface area contributed by atoms with Crippen molar-refractivity contribution in [1.82, 2.24) is 0 Å². The van der Waals surface area contributed by atoms with E-state index in [1.165, 1.54) is 12.1 Å². The standard InChI is InChI=1S/C11H14FNO/c1-14-10-3-2-9(12)6-8(10)7-11(13)4-5-11/h2-3,6H,4-5,7,13H2,1H3. The van der Waals surface area contributed by atoms with Gasteiger partial charge in [-0.1, -0.05) is 0 Å². The van der Waals surface area contributed by atoms with E-state index in [4.69, 9.17) is 10.5 Å². The molecule has 2 rings (SSSR count). The molecule has 1 aromatic carbocycles. The number of rotatable bonds is 3. The molecule has 1 fully saturated rings. The van der Waals surface area contributed by atoms with Gasteiger partial charge in [-0.15, -0.1) is 0 Å². The Kier molecular flexibility index (Phi) is 2.19. The smallest absolute Gasteiger partial charge is 0.123 e. The van der Waals surface area contributed by atoms with Crippen molar-refractivity contribution in [2.75, 3.05) is 7.11 Å². The van der Waals surface area contributed by atoms with Gasteiger partial charge in [-0.05, 0) is 43.0 Å². The molecular formula is C11H14FNO. The van der Waals surface area contributed by atoms with Gasteiger partial charge < -0.3 is 10.5 Å². The molecule has 0 saturated heterocycles. The lowest BCUT2D eigenvalue weighted by Crippen LogP contribution is -2.24. The van der Waals surface area contributed by atoms with Crippen molar-refractivity contribution in [3.05, 3.63) is 29.6 Å². The van der Waals surface area contributed by atoms with Gasteiger partial charge in [-0.25, -0.2) is 4.39 Å². The number of hydrogen-bond acceptors (Lipinski definition) is 2. The lowest BCUT2D eigenvalue weighted by Gasteiger charge is -2.12. The van der Waals surface area contributed by atoms with Crippen molar-refractivity contribution in [3.8, 4) is 5.75 Å². The highest BCUT2D eigenvalue weighted by molar-refractivity contribution is 5.36. The maximum Gasteiger partial charge on any atom is 0.123 e. The summed E-state index contributed by atoms with van der Waals surface area (Å²) in [5.74, 6) is 0.494. The summed E-state index contributed by atoms with van der Waals surface area (Å²) in [6.45, 7) is 0. The Morgan fingerprint density at radius 3 is 2.79 bits per heavy atom. The molecule has 0 amide bonds. The minimum absolute atomic E-state index is 0.110. The Balaban J connectivity index is 2.25. The van der Waals surface area contributed by atoms with E-state index in [1.54, 1.807) is 13.2 Å². The molecule has 0 spiro atoms. The average molecular weight is 195 g/mol. The highest BCUT2D eigenvalue weighted by atomic mass is 19.1. The monoisotopic (exact) mass is 195 g/mol. The third-order valence-electron chi connectivity index (χ3n) is 2.68.